The SMILES string of the molecule is Cc1cc2ncn(C[C@@H](O)CN3CCC(CCN(C)C)CC3)c2cc1C. The first kappa shape index (κ1) is 19.3. The summed E-state index contributed by atoms with van der Waals surface area (Å²) in [7, 11) is 4.29. The predicted octanol–water partition coefficient (Wildman–Crippen LogP) is 2.68. The van der Waals surface area contributed by atoms with E-state index in [4.69, 9.17) is 0 Å². The summed E-state index contributed by atoms with van der Waals surface area (Å²) in [6.45, 7) is 9.01. The van der Waals surface area contributed by atoms with Gasteiger partial charge in [0.05, 0.1) is 30.0 Å². The van der Waals surface area contributed by atoms with Gasteiger partial charge in [-0.3, -0.25) is 0 Å². The summed E-state index contributed by atoms with van der Waals surface area (Å²) >= 11 is 0. The minimum atomic E-state index is -0.354. The Labute approximate surface area is 157 Å². The monoisotopic (exact) mass is 358 g/mol. The highest BCUT2D eigenvalue weighted by molar-refractivity contribution is 5.77. The van der Waals surface area contributed by atoms with Gasteiger partial charge in [0, 0.05) is 6.54 Å². The molecule has 2 heterocycles. The number of fused-ring (bicyclic) bond motifs is 1. The minimum Gasteiger partial charge on any atom is -0.390 e. The summed E-state index contributed by atoms with van der Waals surface area (Å²) in [5.41, 5.74) is 4.67. The highest BCUT2D eigenvalue weighted by Crippen LogP contribution is 2.22. The summed E-state index contributed by atoms with van der Waals surface area (Å²) in [5.74, 6) is 0.842. The largest absolute Gasteiger partial charge is 0.390 e. The molecule has 5 heteroatoms. The Hall–Kier alpha value is -1.43. The van der Waals surface area contributed by atoms with Gasteiger partial charge in [0.25, 0.3) is 0 Å². The number of hydrogen-bond donors (Lipinski definition) is 1. The van der Waals surface area contributed by atoms with Gasteiger partial charge in [-0.2, -0.15) is 0 Å². The van der Waals surface area contributed by atoms with Crippen LogP contribution in [0, 0.1) is 19.8 Å². The van der Waals surface area contributed by atoms with Crippen LogP contribution in [0.1, 0.15) is 30.4 Å². The van der Waals surface area contributed by atoms with Gasteiger partial charge in [-0.25, -0.2) is 4.98 Å². The van der Waals surface area contributed by atoms with Crippen LogP contribution in [0.5, 0.6) is 0 Å². The van der Waals surface area contributed by atoms with E-state index in [1.165, 1.54) is 36.9 Å². The predicted molar refractivity (Wildman–Crippen MR) is 108 cm³/mol. The Balaban J connectivity index is 1.51. The number of nitrogens with zero attached hydrogens (tertiary/aromatic N) is 4. The van der Waals surface area contributed by atoms with Crippen LogP contribution in [-0.2, 0) is 6.54 Å². The zero-order valence-corrected chi connectivity index (χ0v) is 16.8. The lowest BCUT2D eigenvalue weighted by Crippen LogP contribution is -2.40. The maximum absolute atomic E-state index is 10.6. The molecule has 144 valence electrons. The number of likely N-dealkylation sites (tertiary alicyclic amines) is 1. The quantitative estimate of drug-likeness (QED) is 0.826. The zero-order valence-electron chi connectivity index (χ0n) is 16.8. The van der Waals surface area contributed by atoms with Gasteiger partial charge < -0.3 is 19.5 Å². The first-order valence-electron chi connectivity index (χ1n) is 9.89. The summed E-state index contributed by atoms with van der Waals surface area (Å²) < 4.78 is 2.09. The highest BCUT2D eigenvalue weighted by Gasteiger charge is 2.21. The number of aliphatic hydroxyl groups excluding tert-OH is 1. The van der Waals surface area contributed by atoms with Crippen LogP contribution in [-0.4, -0.2) is 70.8 Å². The van der Waals surface area contributed by atoms with Gasteiger partial charge in [0.1, 0.15) is 0 Å². The van der Waals surface area contributed by atoms with Crippen molar-refractivity contribution in [1.29, 1.82) is 0 Å². The maximum atomic E-state index is 10.6. The van der Waals surface area contributed by atoms with Gasteiger partial charge in [0.15, 0.2) is 0 Å². The van der Waals surface area contributed by atoms with Crippen LogP contribution in [0.2, 0.25) is 0 Å². The number of rotatable bonds is 7. The Morgan fingerprint density at radius 3 is 2.54 bits per heavy atom. The van der Waals surface area contributed by atoms with E-state index in [-0.39, 0.29) is 6.10 Å². The Kier molecular flexibility index (Phi) is 6.33. The van der Waals surface area contributed by atoms with Gasteiger partial charge >= 0.3 is 0 Å². The molecule has 1 aliphatic rings. The van der Waals surface area contributed by atoms with Crippen LogP contribution in [0.3, 0.4) is 0 Å². The smallest absolute Gasteiger partial charge is 0.0959 e. The molecule has 0 spiro atoms. The summed E-state index contributed by atoms with van der Waals surface area (Å²) in [6.07, 6.45) is 5.32. The molecule has 3 rings (SSSR count). The summed E-state index contributed by atoms with van der Waals surface area (Å²) in [4.78, 5) is 9.19. The standard InChI is InChI=1S/C21H34N4O/c1-16-11-20-21(12-17(16)2)25(15-22-20)14-19(26)13-24-9-6-18(7-10-24)5-8-23(3)4/h11-12,15,18-19,26H,5-10,13-14H2,1-4H3/t19-/m0/s1. The number of piperidine rings is 1. The van der Waals surface area contributed by atoms with Crippen molar-refractivity contribution in [3.8, 4) is 0 Å². The molecule has 0 aliphatic carbocycles. The number of benzene rings is 1. The van der Waals surface area contributed by atoms with E-state index in [0.29, 0.717) is 6.54 Å². The highest BCUT2D eigenvalue weighted by atomic mass is 16.3. The second-order valence-corrected chi connectivity index (χ2v) is 8.31. The molecule has 0 radical (unpaired) electrons. The maximum Gasteiger partial charge on any atom is 0.0959 e. The molecule has 5 nitrogen and oxygen atoms in total. The molecule has 0 saturated carbocycles. The van der Waals surface area contributed by atoms with Crippen molar-refractivity contribution in [2.75, 3.05) is 40.3 Å². The zero-order chi connectivity index (χ0) is 18.7. The molecular weight excluding hydrogens is 324 g/mol. The van der Waals surface area contributed by atoms with E-state index in [1.54, 1.807) is 0 Å². The van der Waals surface area contributed by atoms with Crippen molar-refractivity contribution in [2.45, 2.75) is 45.8 Å². The third-order valence-electron chi connectivity index (χ3n) is 5.80. The lowest BCUT2D eigenvalue weighted by molar-refractivity contribution is 0.0769. The molecule has 1 atom stereocenters. The van der Waals surface area contributed by atoms with E-state index in [0.717, 1.165) is 36.6 Å². The second-order valence-electron chi connectivity index (χ2n) is 8.31. The lowest BCUT2D eigenvalue weighted by Gasteiger charge is -2.33. The topological polar surface area (TPSA) is 44.5 Å². The van der Waals surface area contributed by atoms with Crippen LogP contribution >= 0.6 is 0 Å². The molecule has 1 fully saturated rings. The number of imidazole rings is 1. The van der Waals surface area contributed by atoms with Crippen LogP contribution < -0.4 is 0 Å². The number of aliphatic hydroxyl groups is 1. The molecule has 2 aromatic rings. The Morgan fingerprint density at radius 1 is 1.15 bits per heavy atom. The fourth-order valence-electron chi connectivity index (χ4n) is 3.94. The van der Waals surface area contributed by atoms with Gasteiger partial charge in [0.2, 0.25) is 0 Å². The third kappa shape index (κ3) is 4.84. The van der Waals surface area contributed by atoms with Gasteiger partial charge in [-0.15, -0.1) is 0 Å². The average Bonchev–Trinajstić information content (AvgIpc) is 2.96. The van der Waals surface area contributed by atoms with E-state index in [9.17, 15) is 5.11 Å². The number of aromatic nitrogens is 2. The van der Waals surface area contributed by atoms with E-state index in [1.807, 2.05) is 6.33 Å². The number of hydrogen-bond acceptors (Lipinski definition) is 4. The summed E-state index contributed by atoms with van der Waals surface area (Å²) in [6, 6.07) is 4.31. The molecule has 26 heavy (non-hydrogen) atoms. The van der Waals surface area contributed by atoms with E-state index >= 15 is 0 Å². The van der Waals surface area contributed by atoms with Crippen molar-refractivity contribution in [3.63, 3.8) is 0 Å². The van der Waals surface area contributed by atoms with E-state index < -0.39 is 0 Å². The third-order valence-corrected chi connectivity index (χ3v) is 5.80. The summed E-state index contributed by atoms with van der Waals surface area (Å²) in [5, 5.41) is 10.6. The molecule has 1 aromatic heterocycles. The number of β-amino-alcohol motifs (C(OH)–C–C–N with tert-alkyl or cyclic N) is 1. The Morgan fingerprint density at radius 2 is 1.85 bits per heavy atom. The molecule has 0 amide bonds. The Bertz CT molecular complexity index is 716. The van der Waals surface area contributed by atoms with E-state index in [2.05, 4.69) is 59.4 Å². The fraction of sp³-hybridized carbons (Fsp3) is 0.667. The molecular formula is C21H34N4O. The van der Waals surface area contributed by atoms with Crippen molar-refractivity contribution in [1.82, 2.24) is 19.4 Å². The van der Waals surface area contributed by atoms with Crippen LogP contribution in [0.25, 0.3) is 11.0 Å². The second kappa shape index (κ2) is 8.51. The van der Waals surface area contributed by atoms with Gasteiger partial charge in [-0.1, -0.05) is 0 Å². The molecule has 1 aromatic carbocycles. The molecule has 0 unspecified atom stereocenters. The normalized spacial score (nSPS) is 18.1. The van der Waals surface area contributed by atoms with Crippen molar-refractivity contribution in [2.24, 2.45) is 5.92 Å². The molecule has 1 saturated heterocycles. The first-order chi connectivity index (χ1) is 12.4. The van der Waals surface area contributed by atoms with Crippen LogP contribution in [0.4, 0.5) is 0 Å². The van der Waals surface area contributed by atoms with Gasteiger partial charge in [-0.05, 0) is 96.0 Å². The lowest BCUT2D eigenvalue weighted by atomic mass is 9.93. The fourth-order valence-corrected chi connectivity index (χ4v) is 3.94. The van der Waals surface area contributed by atoms with Crippen molar-refractivity contribution in [3.05, 3.63) is 29.6 Å². The molecule has 1 N–H and O–H groups in total. The van der Waals surface area contributed by atoms with Crippen LogP contribution in [0.15, 0.2) is 18.5 Å². The van der Waals surface area contributed by atoms with Crippen molar-refractivity contribution < 1.29 is 5.11 Å². The minimum absolute atomic E-state index is 0.354. The number of aryl methyl sites for hydroxylation is 2. The molecule has 0 bridgehead atoms. The first-order valence-corrected chi connectivity index (χ1v) is 9.89. The van der Waals surface area contributed by atoms with Crippen molar-refractivity contribution >= 4 is 11.0 Å². The molecule has 1 aliphatic heterocycles. The average molecular weight is 359 g/mol.